The van der Waals surface area contributed by atoms with Crippen LogP contribution in [0.4, 0.5) is 32.0 Å². The summed E-state index contributed by atoms with van der Waals surface area (Å²) in [5.74, 6) is -5.43. The maximum Gasteiger partial charge on any atom is 0.421 e. The number of anilines is 1. The predicted molar refractivity (Wildman–Crippen MR) is 92.2 cm³/mol. The summed E-state index contributed by atoms with van der Waals surface area (Å²) in [6.07, 6.45) is -12.6. The summed E-state index contributed by atoms with van der Waals surface area (Å²) >= 11 is 1.69. The zero-order valence-electron chi connectivity index (χ0n) is 13.6. The lowest BCUT2D eigenvalue weighted by Gasteiger charge is -2.36. The monoisotopic (exact) mass is 548 g/mol. The highest BCUT2D eigenvalue weighted by Crippen LogP contribution is 2.44. The van der Waals surface area contributed by atoms with E-state index in [1.165, 1.54) is 0 Å². The van der Waals surface area contributed by atoms with Gasteiger partial charge in [-0.25, -0.2) is 0 Å². The lowest BCUT2D eigenvalue weighted by atomic mass is 9.99. The second-order valence-corrected chi connectivity index (χ2v) is 8.07. The second-order valence-electron chi connectivity index (χ2n) is 5.46. The summed E-state index contributed by atoms with van der Waals surface area (Å²) in [6.45, 7) is 1.08. The third-order valence-corrected chi connectivity index (χ3v) is 4.97. The van der Waals surface area contributed by atoms with E-state index in [1.54, 1.807) is 22.6 Å². The minimum absolute atomic E-state index is 0.0693. The molecule has 28 heavy (non-hydrogen) atoms. The van der Waals surface area contributed by atoms with E-state index >= 15 is 0 Å². The Morgan fingerprint density at radius 3 is 2.00 bits per heavy atom. The van der Waals surface area contributed by atoms with Crippen LogP contribution in [0.25, 0.3) is 0 Å². The van der Waals surface area contributed by atoms with Crippen molar-refractivity contribution in [1.29, 1.82) is 0 Å². The lowest BCUT2D eigenvalue weighted by Crippen LogP contribution is -2.70. The number of carbonyl (C=O) groups excluding carboxylic acids is 2. The van der Waals surface area contributed by atoms with E-state index in [9.17, 15) is 44.3 Å². The normalized spacial score (nSPS) is 13.2. The fourth-order valence-electron chi connectivity index (χ4n) is 1.99. The Morgan fingerprint density at radius 1 is 1.11 bits per heavy atom. The molecule has 0 atom stereocenters. The van der Waals surface area contributed by atoms with Gasteiger partial charge in [-0.1, -0.05) is 0 Å². The van der Waals surface area contributed by atoms with Gasteiger partial charge in [0.05, 0.1) is 5.69 Å². The van der Waals surface area contributed by atoms with E-state index in [1.807, 2.05) is 0 Å². The quantitative estimate of drug-likeness (QED) is 0.298. The maximum atomic E-state index is 13.2. The Balaban J connectivity index is 3.48. The van der Waals surface area contributed by atoms with Crippen LogP contribution < -0.4 is 10.6 Å². The average Bonchev–Trinajstić information content (AvgIpc) is 2.44. The number of rotatable bonds is 5. The molecule has 0 heterocycles. The summed E-state index contributed by atoms with van der Waals surface area (Å²) < 4.78 is 110. The van der Waals surface area contributed by atoms with Crippen molar-refractivity contribution in [2.45, 2.75) is 24.8 Å². The highest BCUT2D eigenvalue weighted by atomic mass is 127. The lowest BCUT2D eigenvalue weighted by molar-refractivity contribution is -0.296. The Kier molecular flexibility index (Phi) is 6.99. The van der Waals surface area contributed by atoms with Crippen LogP contribution in [-0.2, 0) is 14.9 Å². The van der Waals surface area contributed by atoms with Crippen molar-refractivity contribution in [2.24, 2.45) is 0 Å². The van der Waals surface area contributed by atoms with Crippen molar-refractivity contribution in [3.05, 3.63) is 27.3 Å². The summed E-state index contributed by atoms with van der Waals surface area (Å²) in [7, 11) is -5.82. The molecule has 0 saturated carbocycles. The molecular formula is C13H11F6IN2O5S. The van der Waals surface area contributed by atoms with Crippen molar-refractivity contribution in [2.75, 3.05) is 11.1 Å². The summed E-state index contributed by atoms with van der Waals surface area (Å²) in [5.41, 5.74) is -6.06. The molecule has 0 radical (unpaired) electrons. The molecule has 1 aromatic carbocycles. The van der Waals surface area contributed by atoms with Crippen molar-refractivity contribution < 1.29 is 48.9 Å². The van der Waals surface area contributed by atoms with Gasteiger partial charge in [-0.2, -0.15) is 34.8 Å². The van der Waals surface area contributed by atoms with Crippen molar-refractivity contribution in [3.8, 4) is 0 Å². The minimum atomic E-state index is -6.32. The third-order valence-electron chi connectivity index (χ3n) is 3.23. The van der Waals surface area contributed by atoms with E-state index in [2.05, 4.69) is 5.32 Å². The van der Waals surface area contributed by atoms with Gasteiger partial charge in [0.1, 0.15) is 5.75 Å². The highest BCUT2D eigenvalue weighted by molar-refractivity contribution is 14.1. The van der Waals surface area contributed by atoms with Crippen molar-refractivity contribution >= 4 is 50.2 Å². The summed E-state index contributed by atoms with van der Waals surface area (Å²) in [4.78, 5) is 23.2. The molecule has 1 aromatic rings. The molecule has 2 amide bonds. The van der Waals surface area contributed by atoms with Crippen molar-refractivity contribution in [3.63, 3.8) is 0 Å². The zero-order valence-corrected chi connectivity index (χ0v) is 16.5. The van der Waals surface area contributed by atoms with E-state index in [0.717, 1.165) is 25.1 Å². The van der Waals surface area contributed by atoms with Crippen LogP contribution >= 0.6 is 22.6 Å². The van der Waals surface area contributed by atoms with Crippen molar-refractivity contribution in [1.82, 2.24) is 5.32 Å². The van der Waals surface area contributed by atoms with Gasteiger partial charge in [-0.15, -0.1) is 0 Å². The molecule has 15 heteroatoms. The van der Waals surface area contributed by atoms with Gasteiger partial charge >= 0.3 is 12.4 Å². The molecule has 0 unspecified atom stereocenters. The first kappa shape index (κ1) is 24.4. The predicted octanol–water partition coefficient (Wildman–Crippen LogP) is 2.73. The fourth-order valence-corrected chi connectivity index (χ4v) is 3.41. The molecule has 1 rings (SSSR count). The Labute approximate surface area is 167 Å². The first-order chi connectivity index (χ1) is 12.4. The van der Waals surface area contributed by atoms with E-state index < -0.39 is 51.1 Å². The van der Waals surface area contributed by atoms with E-state index in [-0.39, 0.29) is 5.69 Å². The molecule has 3 N–H and O–H groups in total. The van der Waals surface area contributed by atoms with Gasteiger partial charge in [0.25, 0.3) is 16.0 Å². The fraction of sp³-hybridized carbons (Fsp3) is 0.385. The Morgan fingerprint density at radius 2 is 1.61 bits per heavy atom. The number of alkyl halides is 6. The summed E-state index contributed by atoms with van der Waals surface area (Å²) in [5, 5.41) is 2.86. The number of amides is 2. The maximum absolute atomic E-state index is 13.2. The van der Waals surface area contributed by atoms with Gasteiger partial charge in [0, 0.05) is 16.1 Å². The molecule has 0 spiro atoms. The summed E-state index contributed by atoms with van der Waals surface area (Å²) in [6, 6.07) is 2.81. The van der Waals surface area contributed by atoms with Crippen LogP contribution in [-0.4, -0.2) is 48.4 Å². The standard InChI is InChI=1S/C13H11F6IN2O5S/c1-6(23)21-9-4-7(2-3-8(9)20)10(24)22-11(12(14,15)16,13(17,18)19)5-28(25,26)27/h2-4H,5H2,1H3,(H,21,23)(H,22,24)(H,25,26,27). The molecule has 0 aromatic heterocycles. The van der Waals surface area contributed by atoms with Crippen LogP contribution in [0.3, 0.4) is 0 Å². The number of nitrogens with one attached hydrogen (secondary N) is 2. The van der Waals surface area contributed by atoms with E-state index in [0.29, 0.717) is 8.89 Å². The Bertz CT molecular complexity index is 870. The number of carbonyl (C=O) groups is 2. The van der Waals surface area contributed by atoms with Crippen LogP contribution in [0.1, 0.15) is 17.3 Å². The van der Waals surface area contributed by atoms with Crippen LogP contribution in [0, 0.1) is 3.57 Å². The largest absolute Gasteiger partial charge is 0.421 e. The van der Waals surface area contributed by atoms with Crippen LogP contribution in [0.15, 0.2) is 18.2 Å². The third kappa shape index (κ3) is 5.69. The molecular weight excluding hydrogens is 537 g/mol. The molecule has 0 aliphatic rings. The van der Waals surface area contributed by atoms with Gasteiger partial charge < -0.3 is 10.6 Å². The molecule has 0 fully saturated rings. The SMILES string of the molecule is CC(=O)Nc1cc(C(=O)NC(CS(=O)(=O)O)(C(F)(F)F)C(F)(F)F)ccc1I. The smallest absolute Gasteiger partial charge is 0.330 e. The molecule has 0 bridgehead atoms. The van der Waals surface area contributed by atoms with Gasteiger partial charge in [-0.3, -0.25) is 14.1 Å². The number of hydrogen-bond donors (Lipinski definition) is 3. The molecule has 0 aliphatic carbocycles. The van der Waals surface area contributed by atoms with Crippen LogP contribution in [0.5, 0.6) is 0 Å². The number of hydrogen-bond acceptors (Lipinski definition) is 4. The molecule has 7 nitrogen and oxygen atoms in total. The number of benzene rings is 1. The topological polar surface area (TPSA) is 113 Å². The molecule has 0 saturated heterocycles. The molecule has 158 valence electrons. The first-order valence-electron chi connectivity index (χ1n) is 6.88. The van der Waals surface area contributed by atoms with Gasteiger partial charge in [0.2, 0.25) is 11.4 Å². The number of halogens is 7. The molecule has 0 aliphatic heterocycles. The zero-order chi connectivity index (χ0) is 22.1. The Hall–Kier alpha value is -1.62. The van der Waals surface area contributed by atoms with Gasteiger partial charge in [0.15, 0.2) is 0 Å². The highest BCUT2D eigenvalue weighted by Gasteiger charge is 2.73. The second kappa shape index (κ2) is 8.02. The first-order valence-corrected chi connectivity index (χ1v) is 9.57. The van der Waals surface area contributed by atoms with Gasteiger partial charge in [-0.05, 0) is 40.8 Å². The minimum Gasteiger partial charge on any atom is -0.330 e. The van der Waals surface area contributed by atoms with E-state index in [4.69, 9.17) is 4.55 Å². The average molecular weight is 548 g/mol. The van der Waals surface area contributed by atoms with Crippen LogP contribution in [0.2, 0.25) is 0 Å².